The second-order valence-corrected chi connectivity index (χ2v) is 9.16. The molecule has 36 valence electrons. The number of hydrogen-bond donors (Lipinski definition) is 0. The fourth-order valence-corrected chi connectivity index (χ4v) is 5.02. The van der Waals surface area contributed by atoms with Crippen molar-refractivity contribution in [1.29, 1.82) is 0 Å². The van der Waals surface area contributed by atoms with Crippen molar-refractivity contribution in [2.24, 2.45) is 0 Å². The third-order valence-corrected chi connectivity index (χ3v) is 7.03. The Morgan fingerprint density at radius 2 is 2.50 bits per heavy atom. The van der Waals surface area contributed by atoms with Gasteiger partial charge in [0, 0.05) is 0 Å². The molecule has 1 heterocycles. The predicted octanol–water partition coefficient (Wildman–Crippen LogP) is 1.03. The summed E-state index contributed by atoms with van der Waals surface area (Å²) in [6.07, 6.45) is 1.36. The molecule has 0 atom stereocenters. The molecule has 2 heteroatoms. The van der Waals surface area contributed by atoms with Crippen LogP contribution in [0, 0.1) is 0 Å². The van der Waals surface area contributed by atoms with Crippen LogP contribution in [-0.2, 0) is 2.81 Å². The van der Waals surface area contributed by atoms with E-state index in [-0.39, 0.29) is 0 Å². The van der Waals surface area contributed by atoms with Crippen molar-refractivity contribution in [1.82, 2.24) is 0 Å². The summed E-state index contributed by atoms with van der Waals surface area (Å²) in [6, 6.07) is 0. The number of rotatable bonds is 0. The van der Waals surface area contributed by atoms with Gasteiger partial charge in [0.2, 0.25) is 0 Å². The van der Waals surface area contributed by atoms with Gasteiger partial charge in [0.1, 0.15) is 0 Å². The van der Waals surface area contributed by atoms with Gasteiger partial charge in [-0.3, -0.25) is 0 Å². The van der Waals surface area contributed by atoms with Gasteiger partial charge in [0.15, 0.2) is 0 Å². The van der Waals surface area contributed by atoms with E-state index in [0.29, 0.717) is 0 Å². The van der Waals surface area contributed by atoms with Crippen molar-refractivity contribution in [3.05, 3.63) is 0 Å². The molecule has 6 heavy (non-hydrogen) atoms. The van der Waals surface area contributed by atoms with Crippen LogP contribution < -0.4 is 0 Å². The molecule has 0 bridgehead atoms. The first kappa shape index (κ1) is 4.99. The zero-order valence-corrected chi connectivity index (χ0v) is 7.45. The number of hydrogen-bond acceptors (Lipinski definition) is 1. The van der Waals surface area contributed by atoms with Crippen molar-refractivity contribution in [2.75, 3.05) is 6.61 Å². The second-order valence-electron chi connectivity index (χ2n) is 1.54. The molecule has 0 spiro atoms. The third-order valence-electron chi connectivity index (χ3n) is 0.929. The van der Waals surface area contributed by atoms with Crippen molar-refractivity contribution >= 4 is 22.2 Å². The van der Waals surface area contributed by atoms with Crippen molar-refractivity contribution in [3.63, 3.8) is 0 Å². The Morgan fingerprint density at radius 3 is 2.67 bits per heavy atom. The molecule has 0 aliphatic carbocycles. The van der Waals surface area contributed by atoms with Gasteiger partial charge >= 0.3 is 46.8 Å². The quantitative estimate of drug-likeness (QED) is 0.603. The van der Waals surface area contributed by atoms with Gasteiger partial charge in [0.05, 0.1) is 0 Å². The molecule has 0 saturated carbocycles. The molecule has 1 aliphatic heterocycles. The first-order chi connectivity index (χ1) is 2.89. The average molecular weight is 282 g/mol. The molecule has 1 saturated heterocycles. The van der Waals surface area contributed by atoms with Gasteiger partial charge < -0.3 is 0 Å². The van der Waals surface area contributed by atoms with E-state index in [2.05, 4.69) is 4.63 Å². The van der Waals surface area contributed by atoms with Crippen LogP contribution in [0.3, 0.4) is 0 Å². The van der Waals surface area contributed by atoms with Crippen molar-refractivity contribution in [2.45, 2.75) is 15.2 Å². The van der Waals surface area contributed by atoms with Crippen LogP contribution in [0.15, 0.2) is 0 Å². The van der Waals surface area contributed by atoms with Crippen LogP contribution >= 0.6 is 0 Å². The zero-order valence-electron chi connectivity index (χ0n) is 3.98. The standard InChI is InChI=1S/C3H6O.CH3.Bi/c1-2-3-4;;/h1-3H2;1H3;/q-1;;+1. The van der Waals surface area contributed by atoms with E-state index in [9.17, 15) is 0 Å². The topological polar surface area (TPSA) is 9.23 Å². The molecule has 0 aromatic heterocycles. The van der Waals surface area contributed by atoms with Gasteiger partial charge in [-0.2, -0.15) is 0 Å². The van der Waals surface area contributed by atoms with E-state index in [1.165, 1.54) is 10.5 Å². The van der Waals surface area contributed by atoms with Crippen molar-refractivity contribution in [3.8, 4) is 0 Å². The Bertz CT molecular complexity index is 40.8. The van der Waals surface area contributed by atoms with Crippen LogP contribution in [0.2, 0.25) is 8.76 Å². The maximum absolute atomic E-state index is 5.36. The van der Waals surface area contributed by atoms with E-state index in [1.54, 1.807) is 0 Å². The predicted molar refractivity (Wildman–Crippen MR) is 27.0 cm³/mol. The first-order valence-electron chi connectivity index (χ1n) is 2.23. The van der Waals surface area contributed by atoms with Gasteiger partial charge in [-0.1, -0.05) is 0 Å². The Hall–Kier alpha value is 0.843. The summed E-state index contributed by atoms with van der Waals surface area (Å²) in [5.74, 6) is 0. The van der Waals surface area contributed by atoms with E-state index >= 15 is 0 Å². The second kappa shape index (κ2) is 2.23. The molecule has 0 aromatic rings. The summed E-state index contributed by atoms with van der Waals surface area (Å²) >= 11 is -1.06. The molecule has 1 aliphatic rings. The molecule has 0 aromatic carbocycles. The molecule has 1 fully saturated rings. The fourth-order valence-electron chi connectivity index (χ4n) is 0.572. The summed E-state index contributed by atoms with van der Waals surface area (Å²) in [6.45, 7) is 1.08. The van der Waals surface area contributed by atoms with Crippen LogP contribution in [0.1, 0.15) is 6.42 Å². The maximum atomic E-state index is 5.36. The van der Waals surface area contributed by atoms with E-state index in [1.807, 2.05) is 0 Å². The normalized spacial score (nSPS) is 25.5. The van der Waals surface area contributed by atoms with Crippen molar-refractivity contribution < 1.29 is 2.81 Å². The Kier molecular flexibility index (Phi) is 1.85. The third kappa shape index (κ3) is 1.16. The molecular formula is C4H9BiO. The van der Waals surface area contributed by atoms with E-state index in [0.717, 1.165) is 6.61 Å². The molecule has 0 radical (unpaired) electrons. The Morgan fingerprint density at radius 1 is 1.67 bits per heavy atom. The summed E-state index contributed by atoms with van der Waals surface area (Å²) in [5, 5.41) is 0. The Balaban J connectivity index is 2.18. The van der Waals surface area contributed by atoms with E-state index < -0.39 is 22.2 Å². The molecular weight excluding hydrogens is 273 g/mol. The van der Waals surface area contributed by atoms with Gasteiger partial charge in [-0.25, -0.2) is 0 Å². The van der Waals surface area contributed by atoms with E-state index in [4.69, 9.17) is 2.81 Å². The SMILES string of the molecule is [CH3][Bi]1[CH2]CC[O]1. The Labute approximate surface area is 47.0 Å². The van der Waals surface area contributed by atoms with Crippen LogP contribution in [0.5, 0.6) is 0 Å². The molecule has 0 unspecified atom stereocenters. The first-order valence-corrected chi connectivity index (χ1v) is 9.59. The van der Waals surface area contributed by atoms with Gasteiger partial charge in [-0.15, -0.1) is 0 Å². The fraction of sp³-hybridized carbons (Fsp3) is 1.00. The summed E-state index contributed by atoms with van der Waals surface area (Å²) < 4.78 is 9.15. The molecule has 0 amide bonds. The summed E-state index contributed by atoms with van der Waals surface area (Å²) in [4.78, 5) is 0. The summed E-state index contributed by atoms with van der Waals surface area (Å²) in [7, 11) is 0. The zero-order chi connectivity index (χ0) is 4.41. The monoisotopic (exact) mass is 282 g/mol. The van der Waals surface area contributed by atoms with Crippen LogP contribution in [0.25, 0.3) is 0 Å². The minimum absolute atomic E-state index is 1.06. The molecule has 1 rings (SSSR count). The average Bonchev–Trinajstić information content (AvgIpc) is 1.86. The minimum atomic E-state index is -1.06. The van der Waals surface area contributed by atoms with Crippen LogP contribution in [0.4, 0.5) is 0 Å². The molecule has 1 nitrogen and oxygen atoms in total. The van der Waals surface area contributed by atoms with Gasteiger partial charge in [0.25, 0.3) is 0 Å². The van der Waals surface area contributed by atoms with Gasteiger partial charge in [-0.05, 0) is 0 Å². The summed E-state index contributed by atoms with van der Waals surface area (Å²) in [5.41, 5.74) is 0. The van der Waals surface area contributed by atoms with Crippen LogP contribution in [-0.4, -0.2) is 28.8 Å². The molecule has 0 N–H and O–H groups in total.